The smallest absolute Gasteiger partial charge is 0.244 e. The maximum absolute atomic E-state index is 12.5. The predicted octanol–water partition coefficient (Wildman–Crippen LogP) is 0.975. The number of nitrogens with two attached hydrogens (primary N) is 1. The van der Waals surface area contributed by atoms with Gasteiger partial charge in [-0.1, -0.05) is 6.92 Å². The Kier molecular flexibility index (Phi) is 5.08. The summed E-state index contributed by atoms with van der Waals surface area (Å²) in [7, 11) is -3.57. The van der Waals surface area contributed by atoms with Gasteiger partial charge in [-0.3, -0.25) is 0 Å². The number of rotatable bonds is 6. The first kappa shape index (κ1) is 16.5. The molecule has 2 rings (SSSR count). The van der Waals surface area contributed by atoms with Crippen LogP contribution in [-0.4, -0.2) is 39.5 Å². The maximum Gasteiger partial charge on any atom is 0.244 e. The van der Waals surface area contributed by atoms with Crippen molar-refractivity contribution in [1.29, 1.82) is 0 Å². The van der Waals surface area contributed by atoms with Gasteiger partial charge in [0.15, 0.2) is 0 Å². The highest BCUT2D eigenvalue weighted by Gasteiger charge is 2.28. The molecule has 1 aromatic rings. The minimum atomic E-state index is -3.57. The van der Waals surface area contributed by atoms with Gasteiger partial charge in [-0.05, 0) is 39.3 Å². The Hall–Kier alpha value is -0.890. The van der Waals surface area contributed by atoms with Crippen molar-refractivity contribution in [3.8, 4) is 0 Å². The van der Waals surface area contributed by atoms with Crippen molar-refractivity contribution >= 4 is 10.0 Å². The van der Waals surface area contributed by atoms with E-state index in [1.54, 1.807) is 13.8 Å². The van der Waals surface area contributed by atoms with Crippen LogP contribution >= 0.6 is 0 Å². The molecule has 1 aliphatic rings. The van der Waals surface area contributed by atoms with Gasteiger partial charge in [-0.15, -0.1) is 0 Å². The van der Waals surface area contributed by atoms with E-state index in [1.165, 1.54) is 0 Å². The van der Waals surface area contributed by atoms with Crippen molar-refractivity contribution in [2.24, 2.45) is 11.7 Å². The van der Waals surface area contributed by atoms with E-state index in [9.17, 15) is 8.42 Å². The van der Waals surface area contributed by atoms with Crippen molar-refractivity contribution in [1.82, 2.24) is 9.62 Å². The van der Waals surface area contributed by atoms with Crippen LogP contribution in [0.5, 0.6) is 0 Å². The second-order valence-electron chi connectivity index (χ2n) is 5.63. The molecular formula is C14H25N3O3S. The monoisotopic (exact) mass is 315 g/mol. The molecule has 1 atom stereocenters. The van der Waals surface area contributed by atoms with Crippen LogP contribution in [-0.2, 0) is 16.6 Å². The van der Waals surface area contributed by atoms with Gasteiger partial charge < -0.3 is 15.1 Å². The summed E-state index contributed by atoms with van der Waals surface area (Å²) in [6.45, 7) is 9.16. The largest absolute Gasteiger partial charge is 0.465 e. The molecule has 0 spiro atoms. The minimum absolute atomic E-state index is 0.159. The first-order valence-electron chi connectivity index (χ1n) is 7.40. The fraction of sp³-hybridized carbons (Fsp3) is 0.714. The third-order valence-electron chi connectivity index (χ3n) is 4.18. The molecule has 0 saturated carbocycles. The zero-order valence-corrected chi connectivity index (χ0v) is 13.8. The second kappa shape index (κ2) is 6.48. The average Bonchev–Trinajstić information content (AvgIpc) is 3.00. The summed E-state index contributed by atoms with van der Waals surface area (Å²) in [6.07, 6.45) is 1.03. The lowest BCUT2D eigenvalue weighted by molar-refractivity contribution is 0.342. The van der Waals surface area contributed by atoms with E-state index >= 15 is 0 Å². The van der Waals surface area contributed by atoms with Gasteiger partial charge >= 0.3 is 0 Å². The molecule has 7 heteroatoms. The van der Waals surface area contributed by atoms with Crippen molar-refractivity contribution < 1.29 is 12.8 Å². The van der Waals surface area contributed by atoms with Gasteiger partial charge in [-0.2, -0.15) is 0 Å². The Labute approximate surface area is 126 Å². The van der Waals surface area contributed by atoms with E-state index in [4.69, 9.17) is 10.2 Å². The Balaban J connectivity index is 2.09. The fourth-order valence-corrected chi connectivity index (χ4v) is 4.54. The van der Waals surface area contributed by atoms with Crippen LogP contribution in [0.15, 0.2) is 9.31 Å². The number of hydrogen-bond acceptors (Lipinski definition) is 5. The molecular weight excluding hydrogens is 290 g/mol. The number of furan rings is 1. The SMILES string of the molecule is CCN1CCC(CNS(=O)(=O)c2c(C)oc(C)c2CN)C1. The number of aryl methyl sites for hydroxylation is 2. The third-order valence-corrected chi connectivity index (χ3v) is 5.80. The lowest BCUT2D eigenvalue weighted by atomic mass is 10.1. The normalized spacial score (nSPS) is 20.3. The minimum Gasteiger partial charge on any atom is -0.465 e. The van der Waals surface area contributed by atoms with E-state index in [0.29, 0.717) is 29.5 Å². The topological polar surface area (TPSA) is 88.6 Å². The van der Waals surface area contributed by atoms with E-state index in [0.717, 1.165) is 26.1 Å². The van der Waals surface area contributed by atoms with Crippen molar-refractivity contribution in [2.75, 3.05) is 26.2 Å². The van der Waals surface area contributed by atoms with Gasteiger partial charge in [0, 0.05) is 25.2 Å². The molecule has 21 heavy (non-hydrogen) atoms. The lowest BCUT2D eigenvalue weighted by Crippen LogP contribution is -2.31. The van der Waals surface area contributed by atoms with E-state index in [1.807, 2.05) is 0 Å². The number of hydrogen-bond donors (Lipinski definition) is 2. The average molecular weight is 315 g/mol. The number of nitrogens with one attached hydrogen (secondary N) is 1. The van der Waals surface area contributed by atoms with Gasteiger partial charge in [0.2, 0.25) is 10.0 Å². The quantitative estimate of drug-likeness (QED) is 0.817. The van der Waals surface area contributed by atoms with Crippen LogP contribution in [0.2, 0.25) is 0 Å². The molecule has 1 fully saturated rings. The summed E-state index contributed by atoms with van der Waals surface area (Å²) >= 11 is 0. The van der Waals surface area contributed by atoms with Crippen molar-refractivity contribution in [2.45, 2.75) is 38.6 Å². The first-order chi connectivity index (χ1) is 9.89. The molecule has 1 aliphatic heterocycles. The van der Waals surface area contributed by atoms with Crippen molar-refractivity contribution in [3.05, 3.63) is 17.1 Å². The molecule has 6 nitrogen and oxygen atoms in total. The Morgan fingerprint density at radius 2 is 2.10 bits per heavy atom. The molecule has 0 radical (unpaired) electrons. The highest BCUT2D eigenvalue weighted by molar-refractivity contribution is 7.89. The maximum atomic E-state index is 12.5. The zero-order chi connectivity index (χ0) is 15.6. The van der Waals surface area contributed by atoms with Crippen LogP contribution in [0.4, 0.5) is 0 Å². The highest BCUT2D eigenvalue weighted by atomic mass is 32.2. The number of nitrogens with zero attached hydrogens (tertiary/aromatic N) is 1. The summed E-state index contributed by atoms with van der Waals surface area (Å²) in [5, 5.41) is 0. The first-order valence-corrected chi connectivity index (χ1v) is 8.88. The van der Waals surface area contributed by atoms with Crippen LogP contribution in [0.3, 0.4) is 0 Å². The summed E-state index contributed by atoms with van der Waals surface area (Å²) in [5.41, 5.74) is 6.23. The molecule has 1 unspecified atom stereocenters. The second-order valence-corrected chi connectivity index (χ2v) is 7.33. The summed E-state index contributed by atoms with van der Waals surface area (Å²) in [5.74, 6) is 1.35. The molecule has 2 heterocycles. The molecule has 3 N–H and O–H groups in total. The zero-order valence-electron chi connectivity index (χ0n) is 13.0. The summed E-state index contributed by atoms with van der Waals surface area (Å²) < 4.78 is 33.2. The standard InChI is InChI=1S/C14H25N3O3S/c1-4-17-6-5-12(9-17)8-16-21(18,19)14-11(3)20-10(2)13(14)7-15/h12,16H,4-9,15H2,1-3H3. The van der Waals surface area contributed by atoms with E-state index < -0.39 is 10.0 Å². The molecule has 1 aromatic heterocycles. The highest BCUT2D eigenvalue weighted by Crippen LogP contribution is 2.26. The molecule has 0 amide bonds. The summed E-state index contributed by atoms with van der Waals surface area (Å²) in [4.78, 5) is 2.55. The predicted molar refractivity (Wildman–Crippen MR) is 81.5 cm³/mol. The molecule has 0 aliphatic carbocycles. The fourth-order valence-electron chi connectivity index (χ4n) is 2.96. The van der Waals surface area contributed by atoms with E-state index in [-0.39, 0.29) is 11.4 Å². The van der Waals surface area contributed by atoms with Crippen LogP contribution < -0.4 is 10.5 Å². The van der Waals surface area contributed by atoms with Crippen LogP contribution in [0.25, 0.3) is 0 Å². The molecule has 0 aromatic carbocycles. The van der Waals surface area contributed by atoms with Crippen LogP contribution in [0.1, 0.15) is 30.4 Å². The lowest BCUT2D eigenvalue weighted by Gasteiger charge is -2.14. The van der Waals surface area contributed by atoms with E-state index in [2.05, 4.69) is 16.5 Å². The Morgan fingerprint density at radius 3 is 2.67 bits per heavy atom. The third kappa shape index (κ3) is 3.48. The van der Waals surface area contributed by atoms with Gasteiger partial charge in [-0.25, -0.2) is 13.1 Å². The molecule has 120 valence electrons. The molecule has 0 bridgehead atoms. The van der Waals surface area contributed by atoms with Gasteiger partial charge in [0.1, 0.15) is 16.4 Å². The number of likely N-dealkylation sites (tertiary alicyclic amines) is 1. The number of sulfonamides is 1. The van der Waals surface area contributed by atoms with Gasteiger partial charge in [0.25, 0.3) is 0 Å². The summed E-state index contributed by atoms with van der Waals surface area (Å²) in [6, 6.07) is 0. The van der Waals surface area contributed by atoms with Crippen LogP contribution in [0, 0.1) is 19.8 Å². The molecule has 1 saturated heterocycles. The van der Waals surface area contributed by atoms with Gasteiger partial charge in [0.05, 0.1) is 0 Å². The Bertz CT molecular complexity index is 595. The van der Waals surface area contributed by atoms with Crippen molar-refractivity contribution in [3.63, 3.8) is 0 Å². The Morgan fingerprint density at radius 1 is 1.38 bits per heavy atom.